The summed E-state index contributed by atoms with van der Waals surface area (Å²) in [6, 6.07) is 3.98. The fraction of sp³-hybridized carbons (Fsp3) is 0.385. The molecule has 94 valence electrons. The van der Waals surface area contributed by atoms with Gasteiger partial charge in [-0.1, -0.05) is 0 Å². The number of rotatable bonds is 3. The second kappa shape index (κ2) is 4.19. The Hall–Kier alpha value is -1.72. The van der Waals surface area contributed by atoms with E-state index in [0.717, 1.165) is 22.8 Å². The lowest BCUT2D eigenvalue weighted by Crippen LogP contribution is -2.53. The highest BCUT2D eigenvalue weighted by Crippen LogP contribution is 2.30. The van der Waals surface area contributed by atoms with E-state index in [9.17, 15) is 0 Å². The molecule has 2 aromatic heterocycles. The molecule has 0 bridgehead atoms. The van der Waals surface area contributed by atoms with Crippen molar-refractivity contribution in [1.29, 1.82) is 0 Å². The summed E-state index contributed by atoms with van der Waals surface area (Å²) in [4.78, 5) is 12.2. The molecule has 2 aromatic rings. The number of nitrogens with one attached hydrogen (secondary N) is 1. The van der Waals surface area contributed by atoms with E-state index in [2.05, 4.69) is 15.0 Å². The zero-order chi connectivity index (χ0) is 12.6. The van der Waals surface area contributed by atoms with E-state index in [1.807, 2.05) is 31.5 Å². The maximum absolute atomic E-state index is 5.85. The Morgan fingerprint density at radius 1 is 1.44 bits per heavy atom. The third-order valence-corrected chi connectivity index (χ3v) is 3.37. The van der Waals surface area contributed by atoms with Gasteiger partial charge in [0.2, 0.25) is 0 Å². The van der Waals surface area contributed by atoms with Gasteiger partial charge < -0.3 is 15.5 Å². The van der Waals surface area contributed by atoms with Crippen molar-refractivity contribution in [3.63, 3.8) is 0 Å². The third-order valence-electron chi connectivity index (χ3n) is 3.37. The van der Waals surface area contributed by atoms with Gasteiger partial charge in [0.25, 0.3) is 0 Å². The van der Waals surface area contributed by atoms with E-state index in [1.54, 1.807) is 0 Å². The Labute approximate surface area is 105 Å². The van der Waals surface area contributed by atoms with Crippen LogP contribution in [-0.4, -0.2) is 34.7 Å². The monoisotopic (exact) mass is 244 g/mol. The van der Waals surface area contributed by atoms with Crippen LogP contribution in [0.1, 0.15) is 11.5 Å². The topological polar surface area (TPSA) is 76.8 Å². The summed E-state index contributed by atoms with van der Waals surface area (Å²) in [5.74, 6) is 0.799. The molecule has 3 heterocycles. The van der Waals surface area contributed by atoms with Crippen molar-refractivity contribution in [3.05, 3.63) is 36.0 Å². The summed E-state index contributed by atoms with van der Waals surface area (Å²) in [5, 5.41) is 0. The Balaban J connectivity index is 2.06. The summed E-state index contributed by atoms with van der Waals surface area (Å²) in [5.41, 5.74) is 8.60. The van der Waals surface area contributed by atoms with Crippen LogP contribution in [0.2, 0.25) is 0 Å². The van der Waals surface area contributed by atoms with Crippen molar-refractivity contribution in [1.82, 2.24) is 15.0 Å². The Bertz CT molecular complexity index is 541. The number of aromatic amines is 1. The summed E-state index contributed by atoms with van der Waals surface area (Å²) in [7, 11) is 0. The highest BCUT2D eigenvalue weighted by atomic mass is 16.5. The standard InChI is InChI=1S/C13H16N4O/c1-9-4-11(10-2-3-15-5-10)17-12(16-9)13(6-14)7-18-8-13/h2-5,15H,6-8,14H2,1H3. The molecule has 3 N–H and O–H groups in total. The second-order valence-corrected chi connectivity index (χ2v) is 4.80. The van der Waals surface area contributed by atoms with Crippen molar-refractivity contribution in [2.45, 2.75) is 12.3 Å². The quantitative estimate of drug-likeness (QED) is 0.844. The van der Waals surface area contributed by atoms with E-state index >= 15 is 0 Å². The van der Waals surface area contributed by atoms with E-state index in [4.69, 9.17) is 10.5 Å². The number of nitrogens with zero attached hydrogens (tertiary/aromatic N) is 2. The number of aryl methyl sites for hydroxylation is 1. The van der Waals surface area contributed by atoms with E-state index in [1.165, 1.54) is 0 Å². The normalized spacial score (nSPS) is 17.4. The van der Waals surface area contributed by atoms with Gasteiger partial charge >= 0.3 is 0 Å². The number of hydrogen-bond donors (Lipinski definition) is 2. The molecule has 0 radical (unpaired) electrons. The molecule has 5 heteroatoms. The highest BCUT2D eigenvalue weighted by Gasteiger charge is 2.42. The first-order valence-corrected chi connectivity index (χ1v) is 6.01. The maximum Gasteiger partial charge on any atom is 0.141 e. The minimum absolute atomic E-state index is 0.197. The zero-order valence-corrected chi connectivity index (χ0v) is 10.3. The number of nitrogens with two attached hydrogens (primary N) is 1. The van der Waals surface area contributed by atoms with Crippen LogP contribution >= 0.6 is 0 Å². The van der Waals surface area contributed by atoms with Crippen LogP contribution in [0.15, 0.2) is 24.5 Å². The first-order chi connectivity index (χ1) is 8.73. The Kier molecular flexibility index (Phi) is 2.65. The molecule has 1 fully saturated rings. The third kappa shape index (κ3) is 1.72. The van der Waals surface area contributed by atoms with Crippen LogP contribution in [0.5, 0.6) is 0 Å². The fourth-order valence-corrected chi connectivity index (χ4v) is 2.12. The van der Waals surface area contributed by atoms with Crippen molar-refractivity contribution in [2.24, 2.45) is 5.73 Å². The van der Waals surface area contributed by atoms with Crippen LogP contribution in [0.4, 0.5) is 0 Å². The first kappa shape index (κ1) is 11.4. The smallest absolute Gasteiger partial charge is 0.141 e. The summed E-state index contributed by atoms with van der Waals surface area (Å²) in [6.45, 7) is 3.72. The molecule has 0 aromatic carbocycles. The molecule has 0 saturated carbocycles. The molecule has 1 saturated heterocycles. The van der Waals surface area contributed by atoms with Gasteiger partial charge in [0.05, 0.1) is 24.3 Å². The largest absolute Gasteiger partial charge is 0.379 e. The van der Waals surface area contributed by atoms with Gasteiger partial charge in [-0.05, 0) is 19.1 Å². The fourth-order valence-electron chi connectivity index (χ4n) is 2.12. The van der Waals surface area contributed by atoms with Gasteiger partial charge in [0, 0.05) is 30.2 Å². The molecule has 1 aliphatic heterocycles. The van der Waals surface area contributed by atoms with Crippen LogP contribution in [-0.2, 0) is 10.2 Å². The Morgan fingerprint density at radius 2 is 2.28 bits per heavy atom. The van der Waals surface area contributed by atoms with Gasteiger partial charge in [0.15, 0.2) is 0 Å². The second-order valence-electron chi connectivity index (χ2n) is 4.80. The molecule has 18 heavy (non-hydrogen) atoms. The Morgan fingerprint density at radius 3 is 2.83 bits per heavy atom. The average molecular weight is 244 g/mol. The predicted octanol–water partition coefficient (Wildman–Crippen LogP) is 1.01. The summed E-state index contributed by atoms with van der Waals surface area (Å²) in [6.07, 6.45) is 3.82. The average Bonchev–Trinajstić information content (AvgIpc) is 2.81. The minimum atomic E-state index is -0.197. The molecule has 1 aliphatic rings. The van der Waals surface area contributed by atoms with Gasteiger partial charge in [-0.25, -0.2) is 9.97 Å². The predicted molar refractivity (Wildman–Crippen MR) is 68.1 cm³/mol. The van der Waals surface area contributed by atoms with Crippen molar-refractivity contribution in [3.8, 4) is 11.3 Å². The lowest BCUT2D eigenvalue weighted by Gasteiger charge is -2.39. The highest BCUT2D eigenvalue weighted by molar-refractivity contribution is 5.58. The summed E-state index contributed by atoms with van der Waals surface area (Å²) >= 11 is 0. The molecule has 0 amide bonds. The maximum atomic E-state index is 5.85. The SMILES string of the molecule is Cc1cc(-c2cc[nH]c2)nc(C2(CN)COC2)n1. The lowest BCUT2D eigenvalue weighted by molar-refractivity contribution is -0.0594. The minimum Gasteiger partial charge on any atom is -0.379 e. The molecule has 3 rings (SSSR count). The molecular formula is C13H16N4O. The molecule has 0 aliphatic carbocycles. The lowest BCUT2D eigenvalue weighted by atomic mass is 9.85. The van der Waals surface area contributed by atoms with Gasteiger partial charge in [-0.2, -0.15) is 0 Å². The van der Waals surface area contributed by atoms with Crippen LogP contribution in [0, 0.1) is 6.92 Å². The molecular weight excluding hydrogens is 228 g/mol. The van der Waals surface area contributed by atoms with E-state index in [0.29, 0.717) is 19.8 Å². The number of hydrogen-bond acceptors (Lipinski definition) is 4. The van der Waals surface area contributed by atoms with Gasteiger partial charge in [-0.3, -0.25) is 0 Å². The van der Waals surface area contributed by atoms with E-state index < -0.39 is 0 Å². The van der Waals surface area contributed by atoms with Crippen LogP contribution < -0.4 is 5.73 Å². The number of ether oxygens (including phenoxy) is 1. The molecule has 0 atom stereocenters. The molecule has 0 spiro atoms. The van der Waals surface area contributed by atoms with Crippen LogP contribution in [0.25, 0.3) is 11.3 Å². The number of aromatic nitrogens is 3. The molecule has 5 nitrogen and oxygen atoms in total. The van der Waals surface area contributed by atoms with Crippen molar-refractivity contribution >= 4 is 0 Å². The van der Waals surface area contributed by atoms with Crippen LogP contribution in [0.3, 0.4) is 0 Å². The van der Waals surface area contributed by atoms with Gasteiger partial charge in [-0.15, -0.1) is 0 Å². The zero-order valence-electron chi connectivity index (χ0n) is 10.3. The van der Waals surface area contributed by atoms with E-state index in [-0.39, 0.29) is 5.41 Å². The number of H-pyrrole nitrogens is 1. The van der Waals surface area contributed by atoms with Crippen molar-refractivity contribution in [2.75, 3.05) is 19.8 Å². The molecule has 0 unspecified atom stereocenters. The summed E-state index contributed by atoms with van der Waals surface area (Å²) < 4.78 is 5.29. The van der Waals surface area contributed by atoms with Crippen molar-refractivity contribution < 1.29 is 4.74 Å². The first-order valence-electron chi connectivity index (χ1n) is 6.01. The van der Waals surface area contributed by atoms with Gasteiger partial charge in [0.1, 0.15) is 5.82 Å².